The molecular formula is C14H19N3O. The van der Waals surface area contributed by atoms with Gasteiger partial charge in [-0.15, -0.1) is 13.5 Å². The molecule has 0 saturated carbocycles. The smallest absolute Gasteiger partial charge is 0.306 e. The first kappa shape index (κ1) is 14.1. The number of aliphatic imine (C=N–C) groups is 1. The molecule has 0 saturated heterocycles. The van der Waals surface area contributed by atoms with E-state index >= 15 is 0 Å². The van der Waals surface area contributed by atoms with Crippen molar-refractivity contribution in [2.24, 2.45) is 4.99 Å². The molecule has 96 valence electrons. The maximum absolute atomic E-state index is 11.7. The van der Waals surface area contributed by atoms with Crippen molar-refractivity contribution in [1.29, 1.82) is 0 Å². The highest BCUT2D eigenvalue weighted by Crippen LogP contribution is 2.19. The molecular weight excluding hydrogens is 226 g/mol. The first-order valence-electron chi connectivity index (χ1n) is 5.79. The highest BCUT2D eigenvalue weighted by Gasteiger charge is 2.08. The molecule has 4 nitrogen and oxygen atoms in total. The number of rotatable bonds is 5. The summed E-state index contributed by atoms with van der Waals surface area (Å²) in [6.07, 6.45) is 5.48. The number of aromatic amines is 1. The highest BCUT2D eigenvalue weighted by atomic mass is 16.1. The molecule has 0 unspecified atom stereocenters. The van der Waals surface area contributed by atoms with Gasteiger partial charge in [0.25, 0.3) is 0 Å². The summed E-state index contributed by atoms with van der Waals surface area (Å²) in [5.74, 6) is 0. The Morgan fingerprint density at radius 1 is 1.61 bits per heavy atom. The largest absolute Gasteiger partial charge is 0.439 e. The van der Waals surface area contributed by atoms with Crippen molar-refractivity contribution in [3.05, 3.63) is 52.6 Å². The average Bonchev–Trinajstić information content (AvgIpc) is 2.35. The predicted octanol–water partition coefficient (Wildman–Crippen LogP) is 1.68. The lowest BCUT2D eigenvalue weighted by atomic mass is 10.0. The van der Waals surface area contributed by atoms with E-state index in [1.807, 2.05) is 45.5 Å². The number of hydrogen-bond donors (Lipinski definition) is 2. The number of aryl methyl sites for hydroxylation is 1. The molecule has 0 atom stereocenters. The normalized spacial score (nSPS) is 12.1. The third-order valence-corrected chi connectivity index (χ3v) is 2.59. The Kier molecular flexibility index (Phi) is 5.27. The zero-order chi connectivity index (χ0) is 13.5. The van der Waals surface area contributed by atoms with Crippen LogP contribution in [0.1, 0.15) is 25.1 Å². The van der Waals surface area contributed by atoms with Gasteiger partial charge in [0.15, 0.2) is 5.69 Å². The first-order valence-corrected chi connectivity index (χ1v) is 5.79. The van der Waals surface area contributed by atoms with Crippen LogP contribution >= 0.6 is 0 Å². The van der Waals surface area contributed by atoms with Gasteiger partial charge in [0.2, 0.25) is 0 Å². The topological polar surface area (TPSA) is 61.8 Å². The van der Waals surface area contributed by atoms with Crippen molar-refractivity contribution in [2.45, 2.75) is 20.8 Å². The van der Waals surface area contributed by atoms with Gasteiger partial charge in [-0.2, -0.15) is 0 Å². The predicted molar refractivity (Wildman–Crippen MR) is 75.7 cm³/mol. The van der Waals surface area contributed by atoms with Gasteiger partial charge < -0.3 is 10.3 Å². The lowest BCUT2D eigenvalue weighted by Gasteiger charge is -2.10. The van der Waals surface area contributed by atoms with Crippen molar-refractivity contribution in [3.8, 4) is 0 Å². The minimum absolute atomic E-state index is 0.0735. The quantitative estimate of drug-likeness (QED) is 0.463. The SMILES string of the molecule is C=N/C=C\C(=C/C)c1cc([NH2+][CH-]C)c(=O)[nH]c1C. The minimum Gasteiger partial charge on any atom is -0.439 e. The van der Waals surface area contributed by atoms with Crippen molar-refractivity contribution in [1.82, 2.24) is 4.98 Å². The Balaban J connectivity index is 3.30. The summed E-state index contributed by atoms with van der Waals surface area (Å²) in [4.78, 5) is 18.3. The number of H-pyrrole nitrogens is 1. The number of hydrogen-bond acceptors (Lipinski definition) is 2. The minimum atomic E-state index is -0.0735. The summed E-state index contributed by atoms with van der Waals surface area (Å²) >= 11 is 0. The van der Waals surface area contributed by atoms with Crippen molar-refractivity contribution >= 4 is 18.0 Å². The average molecular weight is 245 g/mol. The molecule has 1 aromatic heterocycles. The van der Waals surface area contributed by atoms with Gasteiger partial charge in [-0.3, -0.25) is 9.79 Å². The summed E-state index contributed by atoms with van der Waals surface area (Å²) in [5.41, 5.74) is 3.41. The fourth-order valence-corrected chi connectivity index (χ4v) is 1.72. The maximum atomic E-state index is 11.7. The second kappa shape index (κ2) is 6.71. The molecule has 0 radical (unpaired) electrons. The molecule has 0 bridgehead atoms. The van der Waals surface area contributed by atoms with Crippen molar-refractivity contribution in [2.75, 3.05) is 0 Å². The van der Waals surface area contributed by atoms with Crippen LogP contribution in [0.2, 0.25) is 0 Å². The Morgan fingerprint density at radius 3 is 2.89 bits per heavy atom. The number of nitrogens with two attached hydrogens (primary N) is 1. The number of aromatic nitrogens is 1. The van der Waals surface area contributed by atoms with E-state index in [0.717, 1.165) is 16.8 Å². The van der Waals surface area contributed by atoms with E-state index in [1.165, 1.54) is 0 Å². The maximum Gasteiger partial charge on any atom is 0.306 e. The molecule has 0 fully saturated rings. The molecule has 0 aliphatic rings. The lowest BCUT2D eigenvalue weighted by molar-refractivity contribution is -0.528. The van der Waals surface area contributed by atoms with E-state index in [1.54, 1.807) is 11.5 Å². The van der Waals surface area contributed by atoms with Crippen LogP contribution in [0.3, 0.4) is 0 Å². The van der Waals surface area contributed by atoms with E-state index in [2.05, 4.69) is 16.7 Å². The Morgan fingerprint density at radius 2 is 2.33 bits per heavy atom. The second-order valence-corrected chi connectivity index (χ2v) is 3.83. The van der Waals surface area contributed by atoms with Crippen LogP contribution in [0.4, 0.5) is 5.69 Å². The summed E-state index contributed by atoms with van der Waals surface area (Å²) in [6, 6.07) is 1.89. The Bertz CT molecular complexity index is 538. The summed E-state index contributed by atoms with van der Waals surface area (Å²) in [5, 5.41) is 1.80. The fraction of sp³-hybridized carbons (Fsp3) is 0.214. The monoisotopic (exact) mass is 245 g/mol. The number of pyridine rings is 1. The summed E-state index contributed by atoms with van der Waals surface area (Å²) in [6.45, 7) is 11.0. The van der Waals surface area contributed by atoms with Gasteiger partial charge in [-0.05, 0) is 32.2 Å². The molecule has 0 amide bonds. The van der Waals surface area contributed by atoms with E-state index in [0.29, 0.717) is 5.69 Å². The molecule has 18 heavy (non-hydrogen) atoms. The summed E-state index contributed by atoms with van der Waals surface area (Å²) in [7, 11) is 0. The van der Waals surface area contributed by atoms with Crippen LogP contribution in [0.5, 0.6) is 0 Å². The Labute approximate surface area is 107 Å². The van der Waals surface area contributed by atoms with Crippen LogP contribution in [-0.4, -0.2) is 11.7 Å². The Hall–Kier alpha value is -1.94. The van der Waals surface area contributed by atoms with E-state index in [4.69, 9.17) is 0 Å². The van der Waals surface area contributed by atoms with Crippen molar-refractivity contribution < 1.29 is 5.32 Å². The van der Waals surface area contributed by atoms with Crippen LogP contribution in [0.25, 0.3) is 5.57 Å². The van der Waals surface area contributed by atoms with Crippen LogP contribution in [0.15, 0.2) is 34.2 Å². The van der Waals surface area contributed by atoms with Crippen molar-refractivity contribution in [3.63, 3.8) is 0 Å². The summed E-state index contributed by atoms with van der Waals surface area (Å²) < 4.78 is 0. The van der Waals surface area contributed by atoms with E-state index in [9.17, 15) is 4.79 Å². The third-order valence-electron chi connectivity index (χ3n) is 2.59. The standard InChI is InChI=1S/C14H19N3O/c1-5-11(7-8-15-4)12-9-13(16-6-2)14(18)17-10(12)3/h5-9H,4,16H2,1-3H3,(H,17,18)/b8-7-,11-5+. The lowest BCUT2D eigenvalue weighted by Crippen LogP contribution is -2.75. The molecule has 4 heteroatoms. The van der Waals surface area contributed by atoms with Gasteiger partial charge in [-0.1, -0.05) is 6.08 Å². The van der Waals surface area contributed by atoms with E-state index in [-0.39, 0.29) is 5.56 Å². The highest BCUT2D eigenvalue weighted by molar-refractivity contribution is 5.76. The molecule has 1 heterocycles. The third kappa shape index (κ3) is 3.28. The molecule has 0 aromatic carbocycles. The van der Waals surface area contributed by atoms with Crippen LogP contribution in [-0.2, 0) is 0 Å². The van der Waals surface area contributed by atoms with Gasteiger partial charge in [0.05, 0.1) is 0 Å². The second-order valence-electron chi connectivity index (χ2n) is 3.83. The van der Waals surface area contributed by atoms with Gasteiger partial charge >= 0.3 is 5.56 Å². The van der Waals surface area contributed by atoms with Gasteiger partial charge in [-0.25, -0.2) is 0 Å². The number of quaternary nitrogens is 1. The number of nitrogens with zero attached hydrogens (tertiary/aromatic N) is 1. The number of allylic oxidation sites excluding steroid dienone is 3. The molecule has 0 spiro atoms. The number of nitrogens with one attached hydrogen (secondary N) is 1. The molecule has 3 N–H and O–H groups in total. The molecule has 0 aliphatic heterocycles. The fourth-order valence-electron chi connectivity index (χ4n) is 1.72. The van der Waals surface area contributed by atoms with Crippen LogP contribution < -0.4 is 10.9 Å². The van der Waals surface area contributed by atoms with Gasteiger partial charge in [0, 0.05) is 23.5 Å². The zero-order valence-electron chi connectivity index (χ0n) is 11.0. The first-order chi connectivity index (χ1) is 8.63. The molecule has 1 aromatic rings. The molecule has 1 rings (SSSR count). The van der Waals surface area contributed by atoms with Gasteiger partial charge in [0.1, 0.15) is 0 Å². The zero-order valence-corrected chi connectivity index (χ0v) is 11.0. The van der Waals surface area contributed by atoms with Crippen LogP contribution in [0, 0.1) is 13.5 Å². The molecule has 0 aliphatic carbocycles. The van der Waals surface area contributed by atoms with E-state index < -0.39 is 0 Å².